The van der Waals surface area contributed by atoms with Gasteiger partial charge in [0.15, 0.2) is 0 Å². The lowest BCUT2D eigenvalue weighted by atomic mass is 10.3. The summed E-state index contributed by atoms with van der Waals surface area (Å²) >= 11 is 0. The first-order valence-corrected chi connectivity index (χ1v) is 2.40. The maximum absolute atomic E-state index is 10.6. The van der Waals surface area contributed by atoms with Crippen LogP contribution in [0.25, 0.3) is 0 Å². The van der Waals surface area contributed by atoms with E-state index in [1.165, 1.54) is 13.4 Å². The van der Waals surface area contributed by atoms with E-state index in [0.29, 0.717) is 5.57 Å². The maximum Gasteiger partial charge on any atom is 0.339 e. The summed E-state index contributed by atoms with van der Waals surface area (Å²) in [4.78, 5) is 19.3. The molecule has 50 valence electrons. The van der Waals surface area contributed by atoms with Crippen molar-refractivity contribution in [3.8, 4) is 0 Å². The summed E-state index contributed by atoms with van der Waals surface area (Å²) < 4.78 is 4.37. The van der Waals surface area contributed by atoms with Crippen molar-refractivity contribution in [1.82, 2.24) is 0 Å². The number of hydrogen-bond acceptors (Lipinski definition) is 4. The number of rotatable bonds is 1. The Kier molecular flexibility index (Phi) is 1.69. The number of esters is 1. The molecule has 1 aliphatic heterocycles. The quantitative estimate of drug-likeness (QED) is 0.370. The van der Waals surface area contributed by atoms with E-state index in [9.17, 15) is 4.79 Å². The first kappa shape index (κ1) is 6.10. The van der Waals surface area contributed by atoms with Gasteiger partial charge in [-0.25, -0.2) is 4.79 Å². The molecule has 0 fully saturated rings. The fourth-order valence-corrected chi connectivity index (χ4v) is 0.462. The molecule has 0 aromatic carbocycles. The van der Waals surface area contributed by atoms with Crippen molar-refractivity contribution in [3.63, 3.8) is 0 Å². The van der Waals surface area contributed by atoms with Crippen molar-refractivity contribution in [1.29, 1.82) is 0 Å². The molecule has 0 saturated carbocycles. The normalized spacial score (nSPS) is 16.3. The second kappa shape index (κ2) is 2.50. The Labute approximate surface area is 51.9 Å². The first-order chi connectivity index (χ1) is 4.34. The topological polar surface area (TPSA) is 44.8 Å². The predicted octanol–water partition coefficient (Wildman–Crippen LogP) is 0.00510. The highest BCUT2D eigenvalue weighted by atomic mass is 17.2. The van der Waals surface area contributed by atoms with Crippen LogP contribution in [0.15, 0.2) is 11.8 Å². The second-order valence-electron chi connectivity index (χ2n) is 1.49. The lowest BCUT2D eigenvalue weighted by Crippen LogP contribution is -2.05. The number of ether oxygens (including phenoxy) is 1. The van der Waals surface area contributed by atoms with Gasteiger partial charge in [0, 0.05) is 0 Å². The molecule has 0 atom stereocenters. The van der Waals surface area contributed by atoms with Gasteiger partial charge in [-0.05, 0) is 0 Å². The number of carbonyl (C=O) groups is 1. The van der Waals surface area contributed by atoms with E-state index >= 15 is 0 Å². The molecule has 0 aliphatic carbocycles. The molecular formula is C5H6O4. The third kappa shape index (κ3) is 1.20. The zero-order valence-electron chi connectivity index (χ0n) is 4.92. The molecule has 0 spiro atoms. The van der Waals surface area contributed by atoms with E-state index in [1.54, 1.807) is 0 Å². The van der Waals surface area contributed by atoms with Gasteiger partial charge < -0.3 is 9.62 Å². The Morgan fingerprint density at radius 2 is 2.67 bits per heavy atom. The van der Waals surface area contributed by atoms with Crippen molar-refractivity contribution >= 4 is 5.97 Å². The first-order valence-electron chi connectivity index (χ1n) is 2.40. The molecule has 0 saturated heterocycles. The van der Waals surface area contributed by atoms with Gasteiger partial charge in [-0.3, -0.25) is 0 Å². The predicted molar refractivity (Wildman–Crippen MR) is 27.1 cm³/mol. The highest BCUT2D eigenvalue weighted by molar-refractivity contribution is 5.88. The number of carbonyl (C=O) groups excluding carboxylic acids is 1. The van der Waals surface area contributed by atoms with Crippen LogP contribution in [-0.4, -0.2) is 19.7 Å². The lowest BCUT2D eigenvalue weighted by Gasteiger charge is -1.92. The monoisotopic (exact) mass is 130 g/mol. The smallest absolute Gasteiger partial charge is 0.339 e. The van der Waals surface area contributed by atoms with Gasteiger partial charge in [0.1, 0.15) is 18.4 Å². The van der Waals surface area contributed by atoms with Crippen molar-refractivity contribution in [2.45, 2.75) is 0 Å². The molecule has 9 heavy (non-hydrogen) atoms. The summed E-state index contributed by atoms with van der Waals surface area (Å²) in [5.41, 5.74) is 0.400. The summed E-state index contributed by atoms with van der Waals surface area (Å²) in [7, 11) is 1.31. The summed E-state index contributed by atoms with van der Waals surface area (Å²) in [6.45, 7) is 0.173. The van der Waals surface area contributed by atoms with E-state index in [-0.39, 0.29) is 6.61 Å². The highest BCUT2D eigenvalue weighted by Crippen LogP contribution is 2.06. The molecule has 0 bridgehead atoms. The van der Waals surface area contributed by atoms with Crippen LogP contribution in [-0.2, 0) is 19.3 Å². The second-order valence-corrected chi connectivity index (χ2v) is 1.49. The van der Waals surface area contributed by atoms with Crippen LogP contribution in [0.3, 0.4) is 0 Å². The van der Waals surface area contributed by atoms with Crippen LogP contribution < -0.4 is 0 Å². The molecule has 0 unspecified atom stereocenters. The largest absolute Gasteiger partial charge is 0.466 e. The Hall–Kier alpha value is -1.03. The Morgan fingerprint density at radius 3 is 3.11 bits per heavy atom. The van der Waals surface area contributed by atoms with Gasteiger partial charge in [-0.2, -0.15) is 4.89 Å². The van der Waals surface area contributed by atoms with Gasteiger partial charge in [0.05, 0.1) is 7.11 Å². The Morgan fingerprint density at radius 1 is 1.89 bits per heavy atom. The zero-order chi connectivity index (χ0) is 6.69. The average Bonchev–Trinajstić information content (AvgIpc) is 2.37. The van der Waals surface area contributed by atoms with Gasteiger partial charge >= 0.3 is 5.97 Å². The van der Waals surface area contributed by atoms with Gasteiger partial charge in [-0.1, -0.05) is 0 Å². The summed E-state index contributed by atoms with van der Waals surface area (Å²) in [6.07, 6.45) is 1.23. The molecule has 0 amide bonds. The molecule has 0 N–H and O–H groups in total. The minimum Gasteiger partial charge on any atom is -0.466 e. The Bertz CT molecular complexity index is 149. The fourth-order valence-electron chi connectivity index (χ4n) is 0.462. The van der Waals surface area contributed by atoms with Crippen molar-refractivity contribution in [3.05, 3.63) is 11.8 Å². The molecule has 0 aromatic rings. The zero-order valence-corrected chi connectivity index (χ0v) is 4.92. The van der Waals surface area contributed by atoms with Gasteiger partial charge in [-0.15, -0.1) is 0 Å². The number of hydrogen-bond donors (Lipinski definition) is 0. The molecule has 1 heterocycles. The molecule has 4 heteroatoms. The summed E-state index contributed by atoms with van der Waals surface area (Å²) in [6, 6.07) is 0. The fraction of sp³-hybridized carbons (Fsp3) is 0.400. The molecule has 4 nitrogen and oxygen atoms in total. The van der Waals surface area contributed by atoms with Gasteiger partial charge in [0.2, 0.25) is 0 Å². The van der Waals surface area contributed by atoms with E-state index in [1.807, 2.05) is 0 Å². The Balaban J connectivity index is 2.51. The summed E-state index contributed by atoms with van der Waals surface area (Å²) in [5, 5.41) is 0. The minimum absolute atomic E-state index is 0.173. The maximum atomic E-state index is 10.6. The van der Waals surface area contributed by atoms with E-state index in [0.717, 1.165) is 0 Å². The van der Waals surface area contributed by atoms with E-state index < -0.39 is 5.97 Å². The van der Waals surface area contributed by atoms with Gasteiger partial charge in [0.25, 0.3) is 0 Å². The SMILES string of the molecule is COC(=O)C1=COOC1. The molecule has 1 rings (SSSR count). The molecule has 0 aromatic heterocycles. The molecular weight excluding hydrogens is 124 g/mol. The number of methoxy groups -OCH3 is 1. The van der Waals surface area contributed by atoms with Crippen LogP contribution >= 0.6 is 0 Å². The van der Waals surface area contributed by atoms with Crippen LogP contribution in [0.4, 0.5) is 0 Å². The van der Waals surface area contributed by atoms with E-state index in [2.05, 4.69) is 14.5 Å². The highest BCUT2D eigenvalue weighted by Gasteiger charge is 2.15. The van der Waals surface area contributed by atoms with Crippen LogP contribution in [0, 0.1) is 0 Å². The third-order valence-corrected chi connectivity index (χ3v) is 0.920. The minimum atomic E-state index is -0.410. The van der Waals surface area contributed by atoms with E-state index in [4.69, 9.17) is 0 Å². The van der Waals surface area contributed by atoms with Crippen LogP contribution in [0.2, 0.25) is 0 Å². The van der Waals surface area contributed by atoms with Crippen molar-refractivity contribution < 1.29 is 19.3 Å². The van der Waals surface area contributed by atoms with Crippen LogP contribution in [0.5, 0.6) is 0 Å². The summed E-state index contributed by atoms with van der Waals surface area (Å²) in [5.74, 6) is -0.410. The molecule has 1 aliphatic rings. The standard InChI is InChI=1S/C5H6O4/c1-7-5(6)4-2-8-9-3-4/h2H,3H2,1H3. The van der Waals surface area contributed by atoms with Crippen molar-refractivity contribution in [2.24, 2.45) is 0 Å². The molecule has 0 radical (unpaired) electrons. The lowest BCUT2D eigenvalue weighted by molar-refractivity contribution is -0.222. The average molecular weight is 130 g/mol. The third-order valence-electron chi connectivity index (χ3n) is 0.920. The van der Waals surface area contributed by atoms with Crippen molar-refractivity contribution in [2.75, 3.05) is 13.7 Å². The van der Waals surface area contributed by atoms with Crippen LogP contribution in [0.1, 0.15) is 0 Å².